The Morgan fingerprint density at radius 2 is 1.95 bits per heavy atom. The van der Waals surface area contributed by atoms with Crippen LogP contribution in [0.3, 0.4) is 0 Å². The van der Waals surface area contributed by atoms with Crippen LogP contribution in [0.5, 0.6) is 0 Å². The molecule has 1 aromatic rings. The lowest BCUT2D eigenvalue weighted by molar-refractivity contribution is 0.0443. The Kier molecular flexibility index (Phi) is 8.38. The minimum atomic E-state index is -0.212. The molecular weight excluding hydrogens is 245 g/mol. The fourth-order valence-electron chi connectivity index (χ4n) is 1.70. The molecule has 0 amide bonds. The van der Waals surface area contributed by atoms with Gasteiger partial charge in [-0.2, -0.15) is 0 Å². The van der Waals surface area contributed by atoms with Crippen molar-refractivity contribution in [3.05, 3.63) is 35.1 Å². The fourth-order valence-corrected chi connectivity index (χ4v) is 1.70. The summed E-state index contributed by atoms with van der Waals surface area (Å²) in [5.41, 5.74) is 1.69. The Hall–Kier alpha value is -0.970. The van der Waals surface area contributed by atoms with Gasteiger partial charge >= 0.3 is 0 Å². The van der Waals surface area contributed by atoms with E-state index in [1.165, 1.54) is 6.07 Å². The summed E-state index contributed by atoms with van der Waals surface area (Å²) >= 11 is 0. The van der Waals surface area contributed by atoms with Crippen molar-refractivity contribution in [2.24, 2.45) is 0 Å². The maximum absolute atomic E-state index is 13.6. The third-order valence-electron chi connectivity index (χ3n) is 2.70. The third kappa shape index (κ3) is 6.66. The predicted molar refractivity (Wildman–Crippen MR) is 74.5 cm³/mol. The molecule has 0 aliphatic rings. The van der Waals surface area contributed by atoms with E-state index in [-0.39, 0.29) is 5.82 Å². The minimum Gasteiger partial charge on any atom is -0.379 e. The Labute approximate surface area is 115 Å². The monoisotopic (exact) mass is 269 g/mol. The molecule has 0 aliphatic carbocycles. The first-order valence-corrected chi connectivity index (χ1v) is 6.91. The molecular formula is C15H24FNO2. The van der Waals surface area contributed by atoms with Crippen LogP contribution in [0, 0.1) is 5.82 Å². The van der Waals surface area contributed by atoms with Crippen LogP contribution in [0.25, 0.3) is 0 Å². The van der Waals surface area contributed by atoms with Crippen molar-refractivity contribution in [1.29, 1.82) is 0 Å². The maximum Gasteiger partial charge on any atom is 0.128 e. The van der Waals surface area contributed by atoms with Gasteiger partial charge in [0.05, 0.1) is 19.8 Å². The molecule has 0 saturated carbocycles. The molecule has 0 bridgehead atoms. The average molecular weight is 269 g/mol. The van der Waals surface area contributed by atoms with E-state index in [4.69, 9.17) is 9.47 Å². The summed E-state index contributed by atoms with van der Waals surface area (Å²) in [5, 5.41) is 3.30. The quantitative estimate of drug-likeness (QED) is 0.663. The molecule has 0 spiro atoms. The predicted octanol–water partition coefficient (Wildman–Crippen LogP) is 2.88. The van der Waals surface area contributed by atoms with Crippen molar-refractivity contribution < 1.29 is 13.9 Å². The standard InChI is InChI=1S/C15H24FNO2/c1-3-7-17-11-13-5-6-15(16)14(10-13)12-19-9-8-18-4-2/h5-6,10,17H,3-4,7-9,11-12H2,1-2H3. The van der Waals surface area contributed by atoms with Gasteiger partial charge in [0.1, 0.15) is 5.82 Å². The Morgan fingerprint density at radius 3 is 2.68 bits per heavy atom. The highest BCUT2D eigenvalue weighted by Crippen LogP contribution is 2.12. The minimum absolute atomic E-state index is 0.212. The van der Waals surface area contributed by atoms with Gasteiger partial charge in [0.2, 0.25) is 0 Å². The number of nitrogens with one attached hydrogen (secondary N) is 1. The number of halogens is 1. The van der Waals surface area contributed by atoms with Gasteiger partial charge in [0.15, 0.2) is 0 Å². The summed E-state index contributed by atoms with van der Waals surface area (Å²) in [6.07, 6.45) is 1.09. The summed E-state index contributed by atoms with van der Waals surface area (Å²) in [7, 11) is 0. The van der Waals surface area contributed by atoms with Crippen molar-refractivity contribution in [2.75, 3.05) is 26.4 Å². The van der Waals surface area contributed by atoms with E-state index in [9.17, 15) is 4.39 Å². The van der Waals surface area contributed by atoms with Gasteiger partial charge in [-0.25, -0.2) is 4.39 Å². The van der Waals surface area contributed by atoms with Gasteiger partial charge in [-0.05, 0) is 37.6 Å². The topological polar surface area (TPSA) is 30.5 Å². The molecule has 1 rings (SSSR count). The molecule has 0 heterocycles. The first kappa shape index (κ1) is 16.1. The van der Waals surface area contributed by atoms with Crippen molar-refractivity contribution >= 4 is 0 Å². The molecule has 0 aliphatic heterocycles. The second-order valence-corrected chi connectivity index (χ2v) is 4.35. The van der Waals surface area contributed by atoms with Crippen molar-refractivity contribution in [3.8, 4) is 0 Å². The SMILES string of the molecule is CCCNCc1ccc(F)c(COCCOCC)c1. The van der Waals surface area contributed by atoms with E-state index in [2.05, 4.69) is 12.2 Å². The summed E-state index contributed by atoms with van der Waals surface area (Å²) in [4.78, 5) is 0. The molecule has 0 unspecified atom stereocenters. The first-order valence-electron chi connectivity index (χ1n) is 6.91. The van der Waals surface area contributed by atoms with Crippen LogP contribution in [0.15, 0.2) is 18.2 Å². The molecule has 0 radical (unpaired) electrons. The summed E-state index contributed by atoms with van der Waals surface area (Å²) in [5.74, 6) is -0.212. The van der Waals surface area contributed by atoms with Crippen LogP contribution >= 0.6 is 0 Å². The van der Waals surface area contributed by atoms with Gasteiger partial charge in [0.25, 0.3) is 0 Å². The highest BCUT2D eigenvalue weighted by molar-refractivity contribution is 5.24. The smallest absolute Gasteiger partial charge is 0.128 e. The van der Waals surface area contributed by atoms with Crippen molar-refractivity contribution in [3.63, 3.8) is 0 Å². The summed E-state index contributed by atoms with van der Waals surface area (Å²) in [6.45, 7) is 7.80. The van der Waals surface area contributed by atoms with E-state index in [0.29, 0.717) is 32.0 Å². The normalized spacial score (nSPS) is 10.9. The van der Waals surface area contributed by atoms with Crippen LogP contribution in [0.4, 0.5) is 4.39 Å². The molecule has 0 aromatic heterocycles. The largest absolute Gasteiger partial charge is 0.379 e. The van der Waals surface area contributed by atoms with E-state index < -0.39 is 0 Å². The van der Waals surface area contributed by atoms with Gasteiger partial charge in [-0.1, -0.05) is 13.0 Å². The number of benzene rings is 1. The average Bonchev–Trinajstić information content (AvgIpc) is 2.42. The Morgan fingerprint density at radius 1 is 1.16 bits per heavy atom. The van der Waals surface area contributed by atoms with E-state index in [1.807, 2.05) is 19.1 Å². The molecule has 108 valence electrons. The zero-order chi connectivity index (χ0) is 13.9. The lowest BCUT2D eigenvalue weighted by Crippen LogP contribution is -2.14. The third-order valence-corrected chi connectivity index (χ3v) is 2.70. The molecule has 19 heavy (non-hydrogen) atoms. The molecule has 1 N–H and O–H groups in total. The first-order chi connectivity index (χ1) is 9.27. The van der Waals surface area contributed by atoms with Gasteiger partial charge < -0.3 is 14.8 Å². The van der Waals surface area contributed by atoms with Crippen molar-refractivity contribution in [2.45, 2.75) is 33.4 Å². The molecule has 0 saturated heterocycles. The van der Waals surface area contributed by atoms with Crippen LogP contribution in [0.1, 0.15) is 31.4 Å². The van der Waals surface area contributed by atoms with Gasteiger partial charge in [0, 0.05) is 18.7 Å². The Balaban J connectivity index is 2.40. The van der Waals surface area contributed by atoms with Crippen LogP contribution < -0.4 is 5.32 Å². The van der Waals surface area contributed by atoms with Crippen LogP contribution in [-0.2, 0) is 22.6 Å². The zero-order valence-electron chi connectivity index (χ0n) is 11.9. The second-order valence-electron chi connectivity index (χ2n) is 4.35. The summed E-state index contributed by atoms with van der Waals surface area (Å²) < 4.78 is 24.2. The number of rotatable bonds is 10. The lowest BCUT2D eigenvalue weighted by atomic mass is 10.1. The van der Waals surface area contributed by atoms with Crippen LogP contribution in [0.2, 0.25) is 0 Å². The van der Waals surface area contributed by atoms with Gasteiger partial charge in [-0.15, -0.1) is 0 Å². The van der Waals surface area contributed by atoms with E-state index in [0.717, 1.165) is 25.1 Å². The molecule has 4 heteroatoms. The molecule has 0 atom stereocenters. The lowest BCUT2D eigenvalue weighted by Gasteiger charge is -2.09. The maximum atomic E-state index is 13.6. The highest BCUT2D eigenvalue weighted by atomic mass is 19.1. The molecule has 1 aromatic carbocycles. The number of hydrogen-bond acceptors (Lipinski definition) is 3. The number of ether oxygens (including phenoxy) is 2. The fraction of sp³-hybridized carbons (Fsp3) is 0.600. The number of hydrogen-bond donors (Lipinski definition) is 1. The summed E-state index contributed by atoms with van der Waals surface area (Å²) in [6, 6.07) is 5.17. The van der Waals surface area contributed by atoms with E-state index >= 15 is 0 Å². The Bertz CT molecular complexity index is 358. The van der Waals surface area contributed by atoms with E-state index in [1.54, 1.807) is 0 Å². The molecule has 3 nitrogen and oxygen atoms in total. The highest BCUT2D eigenvalue weighted by Gasteiger charge is 2.04. The zero-order valence-corrected chi connectivity index (χ0v) is 11.9. The van der Waals surface area contributed by atoms with Crippen molar-refractivity contribution in [1.82, 2.24) is 5.32 Å². The molecule has 0 fully saturated rings. The van der Waals surface area contributed by atoms with Crippen LogP contribution in [-0.4, -0.2) is 26.4 Å². The van der Waals surface area contributed by atoms with Gasteiger partial charge in [-0.3, -0.25) is 0 Å². The second kappa shape index (κ2) is 9.89.